The van der Waals surface area contributed by atoms with Crippen LogP contribution in [0.3, 0.4) is 0 Å². The van der Waals surface area contributed by atoms with Crippen molar-refractivity contribution in [1.29, 1.82) is 0 Å². The van der Waals surface area contributed by atoms with E-state index in [-0.39, 0.29) is 5.91 Å². The number of morpholine rings is 1. The molecule has 1 amide bonds. The van der Waals surface area contributed by atoms with Crippen LogP contribution in [0.5, 0.6) is 0 Å². The monoisotopic (exact) mass is 227 g/mol. The van der Waals surface area contributed by atoms with Crippen LogP contribution in [0, 0.1) is 0 Å². The van der Waals surface area contributed by atoms with Crippen molar-refractivity contribution in [2.75, 3.05) is 52.5 Å². The molecule has 0 aliphatic carbocycles. The quantitative estimate of drug-likeness (QED) is 0.442. The van der Waals surface area contributed by atoms with Crippen LogP contribution in [-0.2, 0) is 9.53 Å². The lowest BCUT2D eigenvalue weighted by molar-refractivity contribution is -0.120. The van der Waals surface area contributed by atoms with Crippen molar-refractivity contribution < 1.29 is 9.53 Å². The van der Waals surface area contributed by atoms with Crippen molar-refractivity contribution in [1.82, 2.24) is 15.5 Å². The number of carbonyl (C=O) groups excluding carboxylic acids is 1. The fourth-order valence-electron chi connectivity index (χ4n) is 1.53. The molecule has 1 rings (SSSR count). The van der Waals surface area contributed by atoms with Gasteiger partial charge in [0, 0.05) is 32.7 Å². The van der Waals surface area contributed by atoms with Gasteiger partial charge in [-0.15, -0.1) is 6.58 Å². The molecule has 5 nitrogen and oxygen atoms in total. The Kier molecular flexibility index (Phi) is 6.80. The van der Waals surface area contributed by atoms with E-state index in [2.05, 4.69) is 22.1 Å². The molecule has 0 aromatic rings. The molecule has 0 aromatic heterocycles. The second-order valence-corrected chi connectivity index (χ2v) is 3.72. The van der Waals surface area contributed by atoms with Crippen molar-refractivity contribution in [2.24, 2.45) is 0 Å². The molecule has 1 aliphatic rings. The Morgan fingerprint density at radius 1 is 1.44 bits per heavy atom. The average molecular weight is 227 g/mol. The molecule has 92 valence electrons. The molecule has 0 bridgehead atoms. The fraction of sp³-hybridized carbons (Fsp3) is 0.727. The summed E-state index contributed by atoms with van der Waals surface area (Å²) in [5.41, 5.74) is 0. The minimum Gasteiger partial charge on any atom is -0.379 e. The van der Waals surface area contributed by atoms with E-state index in [1.54, 1.807) is 6.08 Å². The largest absolute Gasteiger partial charge is 0.379 e. The van der Waals surface area contributed by atoms with Gasteiger partial charge in [0.15, 0.2) is 0 Å². The van der Waals surface area contributed by atoms with Gasteiger partial charge in [-0.25, -0.2) is 0 Å². The zero-order valence-corrected chi connectivity index (χ0v) is 9.71. The lowest BCUT2D eigenvalue weighted by Gasteiger charge is -2.26. The van der Waals surface area contributed by atoms with Gasteiger partial charge >= 0.3 is 0 Å². The van der Waals surface area contributed by atoms with E-state index in [0.29, 0.717) is 19.6 Å². The molecule has 16 heavy (non-hydrogen) atoms. The molecule has 0 radical (unpaired) electrons. The number of hydrogen-bond acceptors (Lipinski definition) is 4. The summed E-state index contributed by atoms with van der Waals surface area (Å²) >= 11 is 0. The van der Waals surface area contributed by atoms with Crippen LogP contribution in [0.4, 0.5) is 0 Å². The van der Waals surface area contributed by atoms with Crippen LogP contribution in [0.1, 0.15) is 0 Å². The first-order valence-electron chi connectivity index (χ1n) is 5.71. The van der Waals surface area contributed by atoms with Gasteiger partial charge in [0.05, 0.1) is 19.8 Å². The van der Waals surface area contributed by atoms with Crippen LogP contribution in [0.25, 0.3) is 0 Å². The molecule has 0 saturated carbocycles. The molecule has 1 heterocycles. The predicted octanol–water partition coefficient (Wildman–Crippen LogP) is -0.790. The Morgan fingerprint density at radius 3 is 2.88 bits per heavy atom. The molecule has 0 spiro atoms. The predicted molar refractivity (Wildman–Crippen MR) is 63.3 cm³/mol. The maximum Gasteiger partial charge on any atom is 0.234 e. The Balaban J connectivity index is 1.96. The Bertz CT molecular complexity index is 215. The molecule has 0 aromatic carbocycles. The van der Waals surface area contributed by atoms with Crippen molar-refractivity contribution in [3.05, 3.63) is 12.7 Å². The summed E-state index contributed by atoms with van der Waals surface area (Å²) < 4.78 is 5.24. The highest BCUT2D eigenvalue weighted by atomic mass is 16.5. The number of amides is 1. The third-order valence-electron chi connectivity index (χ3n) is 2.43. The minimum atomic E-state index is 0.0371. The van der Waals surface area contributed by atoms with Crippen LogP contribution in [0.15, 0.2) is 12.7 Å². The first kappa shape index (κ1) is 13.2. The van der Waals surface area contributed by atoms with Gasteiger partial charge in [-0.3, -0.25) is 9.69 Å². The minimum absolute atomic E-state index is 0.0371. The highest BCUT2D eigenvalue weighted by Crippen LogP contribution is 1.94. The number of hydrogen-bond donors (Lipinski definition) is 2. The second-order valence-electron chi connectivity index (χ2n) is 3.72. The maximum atomic E-state index is 11.3. The van der Waals surface area contributed by atoms with E-state index in [9.17, 15) is 4.79 Å². The van der Waals surface area contributed by atoms with E-state index >= 15 is 0 Å². The summed E-state index contributed by atoms with van der Waals surface area (Å²) in [6.07, 6.45) is 1.74. The molecule has 1 fully saturated rings. The van der Waals surface area contributed by atoms with Gasteiger partial charge in [-0.2, -0.15) is 0 Å². The SMILES string of the molecule is C=CCNCC(=O)NCCN1CCOCC1. The van der Waals surface area contributed by atoms with Crippen LogP contribution in [0.2, 0.25) is 0 Å². The molecule has 0 atom stereocenters. The topological polar surface area (TPSA) is 53.6 Å². The van der Waals surface area contributed by atoms with Gasteiger partial charge in [0.1, 0.15) is 0 Å². The summed E-state index contributed by atoms with van der Waals surface area (Å²) in [5.74, 6) is 0.0371. The number of rotatable bonds is 7. The van der Waals surface area contributed by atoms with Crippen molar-refractivity contribution in [2.45, 2.75) is 0 Å². The summed E-state index contributed by atoms with van der Waals surface area (Å²) in [5, 5.41) is 5.83. The van der Waals surface area contributed by atoms with Gasteiger partial charge in [-0.05, 0) is 0 Å². The van der Waals surface area contributed by atoms with Gasteiger partial charge in [-0.1, -0.05) is 6.08 Å². The van der Waals surface area contributed by atoms with E-state index in [1.165, 1.54) is 0 Å². The van der Waals surface area contributed by atoms with Crippen LogP contribution < -0.4 is 10.6 Å². The third kappa shape index (κ3) is 5.85. The molecule has 0 unspecified atom stereocenters. The van der Waals surface area contributed by atoms with E-state index in [4.69, 9.17) is 4.74 Å². The summed E-state index contributed by atoms with van der Waals surface area (Å²) in [6.45, 7) is 9.72. The normalized spacial score (nSPS) is 17.0. The zero-order chi connectivity index (χ0) is 11.6. The second kappa shape index (κ2) is 8.27. The standard InChI is InChI=1S/C11H21N3O2/c1-2-3-12-10-11(15)13-4-5-14-6-8-16-9-7-14/h2,12H,1,3-10H2,(H,13,15). The first-order valence-corrected chi connectivity index (χ1v) is 5.71. The first-order chi connectivity index (χ1) is 7.83. The Hall–Kier alpha value is -0.910. The third-order valence-corrected chi connectivity index (χ3v) is 2.43. The molecule has 1 aliphatic heterocycles. The van der Waals surface area contributed by atoms with Crippen molar-refractivity contribution in [3.63, 3.8) is 0 Å². The van der Waals surface area contributed by atoms with Gasteiger partial charge in [0.25, 0.3) is 0 Å². The smallest absolute Gasteiger partial charge is 0.234 e. The Morgan fingerprint density at radius 2 is 2.19 bits per heavy atom. The summed E-state index contributed by atoms with van der Waals surface area (Å²) in [7, 11) is 0. The number of nitrogens with zero attached hydrogens (tertiary/aromatic N) is 1. The zero-order valence-electron chi connectivity index (χ0n) is 9.71. The van der Waals surface area contributed by atoms with E-state index in [1.807, 2.05) is 0 Å². The lowest BCUT2D eigenvalue weighted by Crippen LogP contribution is -2.42. The van der Waals surface area contributed by atoms with Crippen LogP contribution in [-0.4, -0.2) is 63.3 Å². The summed E-state index contributed by atoms with van der Waals surface area (Å²) in [4.78, 5) is 13.6. The Labute approximate surface area is 96.8 Å². The maximum absolute atomic E-state index is 11.3. The molecule has 2 N–H and O–H groups in total. The van der Waals surface area contributed by atoms with Gasteiger partial charge in [0.2, 0.25) is 5.91 Å². The van der Waals surface area contributed by atoms with Crippen molar-refractivity contribution >= 4 is 5.91 Å². The number of nitrogens with one attached hydrogen (secondary N) is 2. The molecular weight excluding hydrogens is 206 g/mol. The number of ether oxygens (including phenoxy) is 1. The van der Waals surface area contributed by atoms with Gasteiger partial charge < -0.3 is 15.4 Å². The van der Waals surface area contributed by atoms with Crippen LogP contribution >= 0.6 is 0 Å². The molecule has 1 saturated heterocycles. The molecule has 5 heteroatoms. The highest BCUT2D eigenvalue weighted by molar-refractivity contribution is 5.77. The van der Waals surface area contributed by atoms with E-state index < -0.39 is 0 Å². The molecular formula is C11H21N3O2. The fourth-order valence-corrected chi connectivity index (χ4v) is 1.53. The summed E-state index contributed by atoms with van der Waals surface area (Å²) in [6, 6.07) is 0. The number of carbonyl (C=O) groups is 1. The van der Waals surface area contributed by atoms with Crippen molar-refractivity contribution in [3.8, 4) is 0 Å². The highest BCUT2D eigenvalue weighted by Gasteiger charge is 2.09. The van der Waals surface area contributed by atoms with E-state index in [0.717, 1.165) is 32.8 Å². The average Bonchev–Trinajstić information content (AvgIpc) is 2.31. The lowest BCUT2D eigenvalue weighted by atomic mass is 10.4.